The van der Waals surface area contributed by atoms with Gasteiger partial charge in [-0.1, -0.05) is 18.2 Å². The van der Waals surface area contributed by atoms with Gasteiger partial charge in [0.1, 0.15) is 0 Å². The van der Waals surface area contributed by atoms with Crippen LogP contribution in [0.2, 0.25) is 0 Å². The molecule has 2 atom stereocenters. The maximum atomic E-state index is 8.56. The fourth-order valence-corrected chi connectivity index (χ4v) is 2.23. The van der Waals surface area contributed by atoms with E-state index in [1.807, 2.05) is 24.4 Å². The molecule has 1 radical (unpaired) electrons. The first-order valence-electron chi connectivity index (χ1n) is 7.08. The van der Waals surface area contributed by atoms with Gasteiger partial charge in [0.15, 0.2) is 0 Å². The second-order valence-corrected chi connectivity index (χ2v) is 5.21. The van der Waals surface area contributed by atoms with Gasteiger partial charge in [0.2, 0.25) is 0 Å². The largest absolute Gasteiger partial charge is 0.393 e. The molecule has 0 aliphatic rings. The number of hydrogen-bond acceptors (Lipinski definition) is 3. The van der Waals surface area contributed by atoms with E-state index in [1.54, 1.807) is 13.8 Å². The summed E-state index contributed by atoms with van der Waals surface area (Å²) in [7, 11) is 0. The van der Waals surface area contributed by atoms with Gasteiger partial charge < -0.3 is 15.2 Å². The summed E-state index contributed by atoms with van der Waals surface area (Å²) in [5.74, 6) is 0. The normalized spacial score (nSPS) is 12.9. The van der Waals surface area contributed by atoms with Crippen LogP contribution in [0.25, 0.3) is 21.7 Å². The molecule has 0 amide bonds. The Morgan fingerprint density at radius 1 is 1.00 bits per heavy atom. The predicted molar refractivity (Wildman–Crippen MR) is 86.1 cm³/mol. The van der Waals surface area contributed by atoms with Crippen molar-refractivity contribution in [2.24, 2.45) is 0 Å². The van der Waals surface area contributed by atoms with E-state index in [2.05, 4.69) is 35.3 Å². The van der Waals surface area contributed by atoms with E-state index < -0.39 is 0 Å². The van der Waals surface area contributed by atoms with Gasteiger partial charge in [0, 0.05) is 25.7 Å². The number of aromatic nitrogens is 1. The van der Waals surface area contributed by atoms with Crippen molar-refractivity contribution >= 4 is 21.7 Å². The van der Waals surface area contributed by atoms with Crippen molar-refractivity contribution in [2.75, 3.05) is 0 Å². The van der Waals surface area contributed by atoms with Gasteiger partial charge in [-0.2, -0.15) is 0 Å². The Hall–Kier alpha value is -1.35. The Morgan fingerprint density at radius 2 is 1.64 bits per heavy atom. The second-order valence-electron chi connectivity index (χ2n) is 5.21. The molecule has 0 bridgehead atoms. The second kappa shape index (κ2) is 8.94. The molecule has 4 heteroatoms. The molecule has 2 aromatic carbocycles. The zero-order chi connectivity index (χ0) is 15.2. The van der Waals surface area contributed by atoms with Crippen molar-refractivity contribution in [1.82, 2.24) is 4.98 Å². The number of pyridine rings is 1. The van der Waals surface area contributed by atoms with Crippen LogP contribution in [0.4, 0.5) is 0 Å². The van der Waals surface area contributed by atoms with Gasteiger partial charge in [0.25, 0.3) is 0 Å². The Kier molecular flexibility index (Phi) is 7.60. The molecular formula is C18H20NO2Rh-. The molecule has 119 valence electrons. The smallest absolute Gasteiger partial charge is 0.0536 e. The first-order chi connectivity index (χ1) is 10.1. The summed E-state index contributed by atoms with van der Waals surface area (Å²) in [6.45, 7) is 3.32. The minimum absolute atomic E-state index is 0. The Balaban J connectivity index is 0.000000264. The van der Waals surface area contributed by atoms with Crippen LogP contribution in [0.15, 0.2) is 48.7 Å². The van der Waals surface area contributed by atoms with Gasteiger partial charge in [-0.3, -0.25) is 0 Å². The number of aliphatic hydroxyl groups is 2. The third-order valence-corrected chi connectivity index (χ3v) is 3.09. The molecule has 22 heavy (non-hydrogen) atoms. The zero-order valence-corrected chi connectivity index (χ0v) is 14.3. The van der Waals surface area contributed by atoms with E-state index in [9.17, 15) is 0 Å². The van der Waals surface area contributed by atoms with Crippen LogP contribution < -0.4 is 0 Å². The minimum atomic E-state index is -0.375. The molecule has 3 aromatic rings. The average Bonchev–Trinajstić information content (AvgIpc) is 2.46. The van der Waals surface area contributed by atoms with Crippen LogP contribution in [0.1, 0.15) is 20.3 Å². The van der Waals surface area contributed by atoms with Gasteiger partial charge in [-0.05, 0) is 37.2 Å². The molecule has 1 heterocycles. The zero-order valence-electron chi connectivity index (χ0n) is 12.7. The molecule has 2 N–H and O–H groups in total. The first-order valence-corrected chi connectivity index (χ1v) is 7.08. The van der Waals surface area contributed by atoms with Crippen LogP contribution in [0.3, 0.4) is 0 Å². The van der Waals surface area contributed by atoms with Crippen LogP contribution >= 0.6 is 0 Å². The Labute approximate surface area is 143 Å². The standard InChI is InChI=1S/C13H8N.C5H12O2.Rh/c1-2-6-12-10(4-1)7-8-11-5-3-9-14-13(11)12;1-4(6)3-5(2)7;/h1-5,7-9H;4-7H,3H2,1-2H3;/q-1;;. The maximum Gasteiger partial charge on any atom is 0.0536 e. The average molecular weight is 385 g/mol. The molecule has 0 fully saturated rings. The number of fused-ring (bicyclic) bond motifs is 3. The molecule has 0 saturated heterocycles. The molecule has 3 nitrogen and oxygen atoms in total. The van der Waals surface area contributed by atoms with Crippen molar-refractivity contribution in [1.29, 1.82) is 0 Å². The fraction of sp³-hybridized carbons (Fsp3) is 0.278. The number of aliphatic hydroxyl groups excluding tert-OH is 2. The van der Waals surface area contributed by atoms with E-state index in [-0.39, 0.29) is 31.7 Å². The quantitative estimate of drug-likeness (QED) is 0.404. The summed E-state index contributed by atoms with van der Waals surface area (Å²) in [5.41, 5.74) is 1.03. The van der Waals surface area contributed by atoms with Gasteiger partial charge >= 0.3 is 0 Å². The summed E-state index contributed by atoms with van der Waals surface area (Å²) in [6, 6.07) is 17.5. The summed E-state index contributed by atoms with van der Waals surface area (Å²) in [5, 5.41) is 20.6. The molecule has 0 spiro atoms. The third-order valence-electron chi connectivity index (χ3n) is 3.09. The monoisotopic (exact) mass is 385 g/mol. The molecule has 0 aliphatic carbocycles. The van der Waals surface area contributed by atoms with E-state index in [0.717, 1.165) is 10.9 Å². The maximum absolute atomic E-state index is 8.56. The van der Waals surface area contributed by atoms with Crippen LogP contribution in [-0.2, 0) is 19.5 Å². The molecule has 1 aromatic heterocycles. The van der Waals surface area contributed by atoms with Gasteiger partial charge in [0.05, 0.1) is 12.2 Å². The van der Waals surface area contributed by atoms with Crippen molar-refractivity contribution in [3.05, 3.63) is 54.7 Å². The van der Waals surface area contributed by atoms with Gasteiger partial charge in [-0.25, -0.2) is 0 Å². The minimum Gasteiger partial charge on any atom is -0.393 e. The van der Waals surface area contributed by atoms with E-state index >= 15 is 0 Å². The third kappa shape index (κ3) is 5.13. The van der Waals surface area contributed by atoms with E-state index in [4.69, 9.17) is 10.2 Å². The molecule has 0 aliphatic heterocycles. The molecule has 0 saturated carbocycles. The summed E-state index contributed by atoms with van der Waals surface area (Å²) in [6.07, 6.45) is 1.54. The number of nitrogens with zero attached hydrogens (tertiary/aromatic N) is 1. The fourth-order valence-electron chi connectivity index (χ4n) is 2.23. The topological polar surface area (TPSA) is 53.4 Å². The van der Waals surface area contributed by atoms with Crippen LogP contribution in [0.5, 0.6) is 0 Å². The summed E-state index contributed by atoms with van der Waals surface area (Å²) >= 11 is 0. The van der Waals surface area contributed by atoms with Gasteiger partial charge in [-0.15, -0.1) is 35.0 Å². The first kappa shape index (κ1) is 18.7. The van der Waals surface area contributed by atoms with Crippen molar-refractivity contribution in [2.45, 2.75) is 32.5 Å². The van der Waals surface area contributed by atoms with Crippen LogP contribution in [-0.4, -0.2) is 27.4 Å². The van der Waals surface area contributed by atoms with E-state index in [1.165, 1.54) is 10.8 Å². The Bertz CT molecular complexity index is 653. The summed E-state index contributed by atoms with van der Waals surface area (Å²) < 4.78 is 0. The molecular weight excluding hydrogens is 365 g/mol. The van der Waals surface area contributed by atoms with Crippen molar-refractivity contribution < 1.29 is 29.7 Å². The molecule has 3 rings (SSSR count). The molecule has 2 unspecified atom stereocenters. The number of hydrogen-bond donors (Lipinski definition) is 2. The van der Waals surface area contributed by atoms with Crippen molar-refractivity contribution in [3.63, 3.8) is 0 Å². The van der Waals surface area contributed by atoms with Crippen LogP contribution in [0, 0.1) is 6.07 Å². The van der Waals surface area contributed by atoms with Crippen molar-refractivity contribution in [3.8, 4) is 0 Å². The Morgan fingerprint density at radius 3 is 2.27 bits per heavy atom. The SMILES string of the molecule is CC(O)CC(C)O.[Rh].[c-]1cccc2ccc3cccnc3c12. The predicted octanol–water partition coefficient (Wildman–Crippen LogP) is 3.32. The number of benzene rings is 2. The summed E-state index contributed by atoms with van der Waals surface area (Å²) in [4.78, 5) is 4.38. The van der Waals surface area contributed by atoms with E-state index in [0.29, 0.717) is 6.42 Å². The number of rotatable bonds is 2.